The molecule has 0 unspecified atom stereocenters. The van der Waals surface area contributed by atoms with Gasteiger partial charge in [-0.05, 0) is 26.7 Å². The van der Waals surface area contributed by atoms with Crippen molar-refractivity contribution in [1.29, 1.82) is 0 Å². The molecule has 0 spiro atoms. The zero-order valence-corrected chi connectivity index (χ0v) is 12.3. The average molecular weight is 354 g/mol. The van der Waals surface area contributed by atoms with Crippen LogP contribution in [0.2, 0.25) is 0 Å². The van der Waals surface area contributed by atoms with Crippen LogP contribution in [-0.4, -0.2) is 21.5 Å². The molecule has 0 aromatic heterocycles. The van der Waals surface area contributed by atoms with Gasteiger partial charge in [-0.3, -0.25) is 20.4 Å². The quantitative estimate of drug-likeness (QED) is 0.583. The largest absolute Gasteiger partial charge is 0.273 e. The van der Waals surface area contributed by atoms with Crippen molar-refractivity contribution in [1.82, 2.24) is 10.9 Å². The van der Waals surface area contributed by atoms with E-state index >= 15 is 0 Å². The average Bonchev–Trinajstić information content (AvgIpc) is 3.03. The van der Waals surface area contributed by atoms with Crippen molar-refractivity contribution < 1.29 is 9.59 Å². The maximum Gasteiger partial charge on any atom is 0.245 e. The highest BCUT2D eigenvalue weighted by Gasteiger charge is 2.57. The molecule has 0 saturated heterocycles. The van der Waals surface area contributed by atoms with E-state index in [2.05, 4.69) is 42.7 Å². The number of alkyl halides is 2. The summed E-state index contributed by atoms with van der Waals surface area (Å²) in [4.78, 5) is 23.8. The third-order valence-electron chi connectivity index (χ3n) is 3.60. The molecule has 4 atom stereocenters. The highest BCUT2D eigenvalue weighted by molar-refractivity contribution is 9.10. The van der Waals surface area contributed by atoms with E-state index in [0.29, 0.717) is 0 Å². The van der Waals surface area contributed by atoms with Crippen molar-refractivity contribution in [3.05, 3.63) is 0 Å². The normalized spacial score (nSPS) is 44.8. The van der Waals surface area contributed by atoms with Crippen LogP contribution < -0.4 is 10.9 Å². The Morgan fingerprint density at radius 2 is 1.25 bits per heavy atom. The Hall–Kier alpha value is -0.100. The first-order valence-electron chi connectivity index (χ1n) is 5.20. The van der Waals surface area contributed by atoms with Crippen LogP contribution in [0.3, 0.4) is 0 Å². The van der Waals surface area contributed by atoms with Gasteiger partial charge in [0, 0.05) is 9.65 Å². The van der Waals surface area contributed by atoms with Crippen LogP contribution >= 0.6 is 31.9 Å². The van der Waals surface area contributed by atoms with E-state index in [4.69, 9.17) is 0 Å². The Labute approximate surface area is 111 Å². The number of hydrogen-bond donors (Lipinski definition) is 2. The molecule has 16 heavy (non-hydrogen) atoms. The molecule has 4 nitrogen and oxygen atoms in total. The summed E-state index contributed by atoms with van der Waals surface area (Å²) in [5, 5.41) is 0. The summed E-state index contributed by atoms with van der Waals surface area (Å²) in [7, 11) is 0. The van der Waals surface area contributed by atoms with Gasteiger partial charge in [0.25, 0.3) is 0 Å². The van der Waals surface area contributed by atoms with Crippen molar-refractivity contribution in [3.63, 3.8) is 0 Å². The third-order valence-corrected chi connectivity index (χ3v) is 6.26. The first-order valence-corrected chi connectivity index (χ1v) is 7.03. The molecule has 0 radical (unpaired) electrons. The first kappa shape index (κ1) is 12.4. The van der Waals surface area contributed by atoms with Gasteiger partial charge in [-0.1, -0.05) is 31.9 Å². The van der Waals surface area contributed by atoms with Gasteiger partial charge in [0.05, 0.1) is 10.8 Å². The molecule has 2 rings (SSSR count). The summed E-state index contributed by atoms with van der Waals surface area (Å²) in [5.41, 5.74) is 4.25. The van der Waals surface area contributed by atoms with Gasteiger partial charge in [-0.15, -0.1) is 0 Å². The van der Waals surface area contributed by atoms with Crippen molar-refractivity contribution in [2.45, 2.75) is 36.3 Å². The summed E-state index contributed by atoms with van der Waals surface area (Å²) in [6, 6.07) is 0. The highest BCUT2D eigenvalue weighted by atomic mass is 79.9. The van der Waals surface area contributed by atoms with Crippen LogP contribution in [0.5, 0.6) is 0 Å². The molecule has 0 aromatic rings. The van der Waals surface area contributed by atoms with Crippen molar-refractivity contribution in [3.8, 4) is 0 Å². The maximum atomic E-state index is 11.7. The number of hydrazine groups is 1. The second kappa shape index (κ2) is 3.70. The molecule has 2 aliphatic carbocycles. The zero-order chi connectivity index (χ0) is 12.1. The zero-order valence-electron chi connectivity index (χ0n) is 9.14. The lowest BCUT2D eigenvalue weighted by Gasteiger charge is -2.14. The van der Waals surface area contributed by atoms with Crippen LogP contribution in [-0.2, 0) is 9.59 Å². The van der Waals surface area contributed by atoms with E-state index in [-0.39, 0.29) is 32.3 Å². The number of hydrogen-bond acceptors (Lipinski definition) is 2. The minimum Gasteiger partial charge on any atom is -0.273 e. The van der Waals surface area contributed by atoms with Gasteiger partial charge in [-0.2, -0.15) is 0 Å². The summed E-state index contributed by atoms with van der Waals surface area (Å²) in [6.45, 7) is 3.75. The van der Waals surface area contributed by atoms with Gasteiger partial charge in [0.15, 0.2) is 0 Å². The molecular formula is C10H14Br2N2O2. The van der Waals surface area contributed by atoms with Gasteiger partial charge >= 0.3 is 0 Å². The Bertz CT molecular complexity index is 329. The lowest BCUT2D eigenvalue weighted by Crippen LogP contribution is -2.48. The Morgan fingerprint density at radius 1 is 1.00 bits per heavy atom. The van der Waals surface area contributed by atoms with Gasteiger partial charge in [0.1, 0.15) is 0 Å². The van der Waals surface area contributed by atoms with E-state index in [1.165, 1.54) is 0 Å². The van der Waals surface area contributed by atoms with Crippen LogP contribution in [0.15, 0.2) is 0 Å². The van der Waals surface area contributed by atoms with Crippen LogP contribution in [0.1, 0.15) is 26.7 Å². The predicted molar refractivity (Wildman–Crippen MR) is 67.2 cm³/mol. The smallest absolute Gasteiger partial charge is 0.245 e. The summed E-state index contributed by atoms with van der Waals surface area (Å²) < 4.78 is 0. The van der Waals surface area contributed by atoms with Gasteiger partial charge in [0.2, 0.25) is 11.8 Å². The van der Waals surface area contributed by atoms with E-state index in [1.807, 2.05) is 13.8 Å². The topological polar surface area (TPSA) is 58.2 Å². The molecule has 90 valence electrons. The number of rotatable bonds is 2. The van der Waals surface area contributed by atoms with Crippen LogP contribution in [0, 0.1) is 10.8 Å². The predicted octanol–water partition coefficient (Wildman–Crippen LogP) is 1.48. The fourth-order valence-electron chi connectivity index (χ4n) is 1.50. The number of carbonyl (C=O) groups is 2. The highest BCUT2D eigenvalue weighted by Crippen LogP contribution is 2.52. The molecule has 6 heteroatoms. The van der Waals surface area contributed by atoms with Gasteiger partial charge in [-0.25, -0.2) is 0 Å². The van der Waals surface area contributed by atoms with E-state index in [0.717, 1.165) is 12.8 Å². The molecular weight excluding hydrogens is 340 g/mol. The molecule has 2 N–H and O–H groups in total. The molecule has 2 fully saturated rings. The van der Waals surface area contributed by atoms with E-state index in [1.54, 1.807) is 0 Å². The summed E-state index contributed by atoms with van der Waals surface area (Å²) in [6.07, 6.45) is 1.63. The molecule has 0 aromatic carbocycles. The van der Waals surface area contributed by atoms with E-state index < -0.39 is 0 Å². The van der Waals surface area contributed by atoms with Gasteiger partial charge < -0.3 is 0 Å². The van der Waals surface area contributed by atoms with Crippen molar-refractivity contribution in [2.24, 2.45) is 10.8 Å². The standard InChI is InChI=1S/C10H14Br2N2O2/c1-9(3-5(9)11)7(15)13-14-8(16)10(2)4-6(10)12/h5-6H,3-4H2,1-2H3,(H,13,15)(H,14,16)/t5-,6-,9+,10+/m0/s1. The molecule has 2 aliphatic rings. The summed E-state index contributed by atoms with van der Waals surface area (Å²) >= 11 is 6.79. The fraction of sp³-hybridized carbons (Fsp3) is 0.800. The minimum atomic E-state index is -0.370. The number of halogens is 2. The molecule has 0 heterocycles. The molecule has 2 amide bonds. The lowest BCUT2D eigenvalue weighted by molar-refractivity contribution is -0.133. The number of amides is 2. The lowest BCUT2D eigenvalue weighted by atomic mass is 10.1. The molecule has 0 aliphatic heterocycles. The minimum absolute atomic E-state index is 0.127. The maximum absolute atomic E-state index is 11.7. The summed E-state index contributed by atoms with van der Waals surface area (Å²) in [5.74, 6) is -0.254. The second-order valence-corrected chi connectivity index (χ2v) is 7.30. The third kappa shape index (κ3) is 1.90. The fourth-order valence-corrected chi connectivity index (χ4v) is 3.26. The second-order valence-electron chi connectivity index (χ2n) is 5.09. The Kier molecular flexibility index (Phi) is 2.86. The first-order chi connectivity index (χ1) is 7.30. The van der Waals surface area contributed by atoms with Crippen LogP contribution in [0.25, 0.3) is 0 Å². The van der Waals surface area contributed by atoms with Crippen LogP contribution in [0.4, 0.5) is 0 Å². The van der Waals surface area contributed by atoms with Crippen molar-refractivity contribution in [2.75, 3.05) is 0 Å². The monoisotopic (exact) mass is 352 g/mol. The Morgan fingerprint density at radius 3 is 1.44 bits per heavy atom. The molecule has 0 bridgehead atoms. The number of nitrogens with one attached hydrogen (secondary N) is 2. The Balaban J connectivity index is 1.81. The molecule has 2 saturated carbocycles. The number of carbonyl (C=O) groups excluding carboxylic acids is 2. The SMILES string of the molecule is C[C@@]1(C(=O)NNC(=O)[C@]2(C)C[C@@H]2Br)C[C@@H]1Br. The van der Waals surface area contributed by atoms with E-state index in [9.17, 15) is 9.59 Å². The van der Waals surface area contributed by atoms with Crippen molar-refractivity contribution >= 4 is 43.7 Å².